The molecule has 31 heavy (non-hydrogen) atoms. The number of rotatable bonds is 5. The van der Waals surface area contributed by atoms with Gasteiger partial charge in [0.05, 0.1) is 23.5 Å². The lowest BCUT2D eigenvalue weighted by Gasteiger charge is -2.44. The summed E-state index contributed by atoms with van der Waals surface area (Å²) in [5.74, 6) is 0.459. The molecule has 4 rings (SSSR count). The minimum Gasteiger partial charge on any atom is -0.394 e. The van der Waals surface area contributed by atoms with E-state index in [4.69, 9.17) is 10.4 Å². The molecule has 1 aromatic heterocycles. The Morgan fingerprint density at radius 3 is 2.61 bits per heavy atom. The molecule has 7 heteroatoms. The van der Waals surface area contributed by atoms with Crippen LogP contribution in [-0.4, -0.2) is 53.1 Å². The molecule has 1 aromatic carbocycles. The standard InChI is InChI=1S/C24H33N5O2/c1-17(25)26-23(31)20-15-18-7-5-6-10-21(18)27-22(20)29-13-11-24(16-30,12-14-29)28-19-8-3-2-4-9-19/h5-7,10,15,19,28,30H,2-4,8-9,11-14,16H2,1H3,(H2,25,26,31). The zero-order chi connectivity index (χ0) is 21.8. The maximum absolute atomic E-state index is 12.8. The number of carbonyl (C=O) groups excluding carboxylic acids is 1. The van der Waals surface area contributed by atoms with Gasteiger partial charge >= 0.3 is 0 Å². The number of nitrogens with one attached hydrogen (secondary N) is 3. The average Bonchev–Trinajstić information content (AvgIpc) is 2.79. The maximum Gasteiger partial charge on any atom is 0.260 e. The molecule has 7 nitrogen and oxygen atoms in total. The van der Waals surface area contributed by atoms with Crippen molar-refractivity contribution in [1.29, 1.82) is 5.41 Å². The number of carbonyl (C=O) groups is 1. The second kappa shape index (κ2) is 9.32. The van der Waals surface area contributed by atoms with Crippen molar-refractivity contribution in [1.82, 2.24) is 15.6 Å². The van der Waals surface area contributed by atoms with Gasteiger partial charge in [-0.3, -0.25) is 10.2 Å². The number of amidine groups is 1. The first kappa shape index (κ1) is 21.7. The second-order valence-electron chi connectivity index (χ2n) is 9.04. The van der Waals surface area contributed by atoms with Crippen LogP contribution in [0.25, 0.3) is 10.9 Å². The van der Waals surface area contributed by atoms with E-state index in [1.807, 2.05) is 30.3 Å². The monoisotopic (exact) mass is 423 g/mol. The second-order valence-corrected chi connectivity index (χ2v) is 9.04. The first-order valence-electron chi connectivity index (χ1n) is 11.4. The van der Waals surface area contributed by atoms with Crippen molar-refractivity contribution in [2.45, 2.75) is 63.5 Å². The molecule has 1 aliphatic heterocycles. The van der Waals surface area contributed by atoms with Gasteiger partial charge in [-0.2, -0.15) is 0 Å². The van der Waals surface area contributed by atoms with Gasteiger partial charge in [0.25, 0.3) is 5.91 Å². The first-order chi connectivity index (χ1) is 15.0. The number of aliphatic hydroxyl groups is 1. The van der Waals surface area contributed by atoms with Crippen LogP contribution in [0, 0.1) is 5.41 Å². The van der Waals surface area contributed by atoms with Gasteiger partial charge in [0.15, 0.2) is 0 Å². The third kappa shape index (κ3) is 4.88. The van der Waals surface area contributed by atoms with E-state index in [2.05, 4.69) is 15.5 Å². The van der Waals surface area contributed by atoms with Gasteiger partial charge in [-0.1, -0.05) is 37.5 Å². The zero-order valence-electron chi connectivity index (χ0n) is 18.3. The van der Waals surface area contributed by atoms with Crippen LogP contribution >= 0.6 is 0 Å². The fourth-order valence-corrected chi connectivity index (χ4v) is 4.93. The van der Waals surface area contributed by atoms with Crippen LogP contribution in [0.2, 0.25) is 0 Å². The van der Waals surface area contributed by atoms with Crippen molar-refractivity contribution in [2.24, 2.45) is 0 Å². The highest BCUT2D eigenvalue weighted by atomic mass is 16.3. The van der Waals surface area contributed by atoms with E-state index in [0.717, 1.165) is 36.8 Å². The van der Waals surface area contributed by atoms with Gasteiger partial charge in [-0.05, 0) is 44.7 Å². The quantitative estimate of drug-likeness (QED) is 0.437. The lowest BCUT2D eigenvalue weighted by molar-refractivity contribution is 0.0975. The Morgan fingerprint density at radius 2 is 1.94 bits per heavy atom. The molecule has 0 radical (unpaired) electrons. The molecule has 1 aliphatic carbocycles. The van der Waals surface area contributed by atoms with Crippen molar-refractivity contribution in [3.8, 4) is 0 Å². The van der Waals surface area contributed by atoms with Crippen molar-refractivity contribution < 1.29 is 9.90 Å². The van der Waals surface area contributed by atoms with Crippen molar-refractivity contribution in [3.63, 3.8) is 0 Å². The number of benzene rings is 1. The SMILES string of the molecule is CC(=N)NC(=O)c1cc2ccccc2nc1N1CCC(CO)(NC2CCCCC2)CC1. The molecule has 2 aliphatic rings. The number of hydrogen-bond acceptors (Lipinski definition) is 6. The van der Waals surface area contributed by atoms with Crippen LogP contribution in [0.5, 0.6) is 0 Å². The van der Waals surface area contributed by atoms with E-state index in [1.54, 1.807) is 6.92 Å². The molecule has 0 spiro atoms. The number of fused-ring (bicyclic) bond motifs is 1. The van der Waals surface area contributed by atoms with Crippen LogP contribution in [0.15, 0.2) is 30.3 Å². The molecule has 0 atom stereocenters. The maximum atomic E-state index is 12.8. The summed E-state index contributed by atoms with van der Waals surface area (Å²) < 4.78 is 0. The first-order valence-corrected chi connectivity index (χ1v) is 11.4. The molecule has 0 bridgehead atoms. The average molecular weight is 424 g/mol. The van der Waals surface area contributed by atoms with E-state index >= 15 is 0 Å². The van der Waals surface area contributed by atoms with Crippen molar-refractivity contribution >= 4 is 28.5 Å². The summed E-state index contributed by atoms with van der Waals surface area (Å²) in [6.45, 7) is 3.12. The van der Waals surface area contributed by atoms with E-state index in [1.165, 1.54) is 32.1 Å². The number of aromatic nitrogens is 1. The summed E-state index contributed by atoms with van der Waals surface area (Å²) in [6.07, 6.45) is 7.81. The third-order valence-electron chi connectivity index (χ3n) is 6.69. The highest BCUT2D eigenvalue weighted by molar-refractivity contribution is 6.09. The Morgan fingerprint density at radius 1 is 1.23 bits per heavy atom. The van der Waals surface area contributed by atoms with Gasteiger partial charge in [0.2, 0.25) is 0 Å². The lowest BCUT2D eigenvalue weighted by atomic mass is 9.85. The van der Waals surface area contributed by atoms with Crippen molar-refractivity contribution in [2.75, 3.05) is 24.6 Å². The normalized spacial score (nSPS) is 19.4. The van der Waals surface area contributed by atoms with Crippen LogP contribution in [0.4, 0.5) is 5.82 Å². The fourth-order valence-electron chi connectivity index (χ4n) is 4.93. The molecule has 2 heterocycles. The lowest BCUT2D eigenvalue weighted by Crippen LogP contribution is -2.59. The summed E-state index contributed by atoms with van der Waals surface area (Å²) in [4.78, 5) is 19.8. The summed E-state index contributed by atoms with van der Waals surface area (Å²) in [5, 5.41) is 25.2. The predicted molar refractivity (Wildman–Crippen MR) is 124 cm³/mol. The van der Waals surface area contributed by atoms with Gasteiger partial charge in [-0.25, -0.2) is 4.98 Å². The van der Waals surface area contributed by atoms with Crippen molar-refractivity contribution in [3.05, 3.63) is 35.9 Å². The van der Waals surface area contributed by atoms with E-state index in [9.17, 15) is 9.90 Å². The molecule has 1 saturated heterocycles. The topological polar surface area (TPSA) is 101 Å². The molecule has 166 valence electrons. The predicted octanol–water partition coefficient (Wildman–Crippen LogP) is 3.22. The molecular formula is C24H33N5O2. The zero-order valence-corrected chi connectivity index (χ0v) is 18.3. The number of hydrogen-bond donors (Lipinski definition) is 4. The largest absolute Gasteiger partial charge is 0.394 e. The van der Waals surface area contributed by atoms with E-state index in [-0.39, 0.29) is 23.9 Å². The smallest absolute Gasteiger partial charge is 0.260 e. The summed E-state index contributed by atoms with van der Waals surface area (Å²) in [6, 6.07) is 10.1. The van der Waals surface area contributed by atoms with E-state index < -0.39 is 0 Å². The van der Waals surface area contributed by atoms with Gasteiger partial charge in [0.1, 0.15) is 5.82 Å². The minimum atomic E-state index is -0.305. The summed E-state index contributed by atoms with van der Waals surface area (Å²) in [5.41, 5.74) is 1.07. The number of piperidine rings is 1. The molecule has 4 N–H and O–H groups in total. The Hall–Kier alpha value is -2.51. The Labute approximate surface area is 183 Å². The third-order valence-corrected chi connectivity index (χ3v) is 6.69. The Kier molecular flexibility index (Phi) is 6.53. The highest BCUT2D eigenvalue weighted by Crippen LogP contribution is 2.31. The number of pyridine rings is 1. The van der Waals surface area contributed by atoms with Crippen LogP contribution in [0.3, 0.4) is 0 Å². The van der Waals surface area contributed by atoms with Gasteiger partial charge in [0, 0.05) is 30.1 Å². The number of aliphatic hydroxyl groups excluding tert-OH is 1. The molecule has 2 fully saturated rings. The van der Waals surface area contributed by atoms with Gasteiger partial charge < -0.3 is 20.6 Å². The fraction of sp³-hybridized carbons (Fsp3) is 0.542. The van der Waals surface area contributed by atoms with Crippen LogP contribution in [-0.2, 0) is 0 Å². The Bertz CT molecular complexity index is 946. The molecule has 1 saturated carbocycles. The number of anilines is 1. The molecule has 2 aromatic rings. The minimum absolute atomic E-state index is 0.110. The van der Waals surface area contributed by atoms with Gasteiger partial charge in [-0.15, -0.1) is 0 Å². The molecular weight excluding hydrogens is 390 g/mol. The summed E-state index contributed by atoms with van der Waals surface area (Å²) in [7, 11) is 0. The molecule has 1 amide bonds. The number of nitrogens with zero attached hydrogens (tertiary/aromatic N) is 2. The number of para-hydroxylation sites is 1. The molecule has 0 unspecified atom stereocenters. The van der Waals surface area contributed by atoms with Crippen LogP contribution < -0.4 is 15.5 Å². The summed E-state index contributed by atoms with van der Waals surface area (Å²) >= 11 is 0. The Balaban J connectivity index is 1.57. The highest BCUT2D eigenvalue weighted by Gasteiger charge is 2.37. The van der Waals surface area contributed by atoms with Crippen LogP contribution in [0.1, 0.15) is 62.2 Å². The van der Waals surface area contributed by atoms with E-state index in [0.29, 0.717) is 17.4 Å². The number of amides is 1.